The van der Waals surface area contributed by atoms with Gasteiger partial charge in [-0.1, -0.05) is 36.4 Å². The third-order valence-corrected chi connectivity index (χ3v) is 6.43. The van der Waals surface area contributed by atoms with Gasteiger partial charge in [0.25, 0.3) is 5.91 Å². The van der Waals surface area contributed by atoms with Crippen LogP contribution in [0.15, 0.2) is 73.1 Å². The molecule has 1 aliphatic heterocycles. The summed E-state index contributed by atoms with van der Waals surface area (Å²) >= 11 is 0. The molecule has 1 saturated heterocycles. The van der Waals surface area contributed by atoms with E-state index in [0.717, 1.165) is 23.2 Å². The summed E-state index contributed by atoms with van der Waals surface area (Å²) in [6.45, 7) is 4.19. The van der Waals surface area contributed by atoms with Crippen LogP contribution in [-0.4, -0.2) is 53.7 Å². The van der Waals surface area contributed by atoms with E-state index in [1.54, 1.807) is 29.4 Å². The molecule has 37 heavy (non-hydrogen) atoms. The molecule has 4 N–H and O–H groups in total. The SMILES string of the molecule is CCNc1cc(C(=O)N[C@@H](Cc2ccccc2)[C@H](O)CNCc2cccnc2)cc(N2CCCC2=O)c1. The van der Waals surface area contributed by atoms with E-state index in [1.807, 2.05) is 55.5 Å². The van der Waals surface area contributed by atoms with Gasteiger partial charge in [0.15, 0.2) is 0 Å². The summed E-state index contributed by atoms with van der Waals surface area (Å²) in [7, 11) is 0. The lowest BCUT2D eigenvalue weighted by molar-refractivity contribution is -0.117. The van der Waals surface area contributed by atoms with Crippen LogP contribution in [0.2, 0.25) is 0 Å². The number of pyridine rings is 1. The number of hydrogen-bond acceptors (Lipinski definition) is 6. The number of carbonyl (C=O) groups excluding carboxylic acids is 2. The van der Waals surface area contributed by atoms with Crippen LogP contribution >= 0.6 is 0 Å². The minimum absolute atomic E-state index is 0.0667. The lowest BCUT2D eigenvalue weighted by Crippen LogP contribution is -2.48. The molecule has 1 aliphatic rings. The summed E-state index contributed by atoms with van der Waals surface area (Å²) in [4.78, 5) is 31.7. The van der Waals surface area contributed by atoms with Crippen LogP contribution in [0.4, 0.5) is 11.4 Å². The van der Waals surface area contributed by atoms with Gasteiger partial charge in [0.05, 0.1) is 12.1 Å². The van der Waals surface area contributed by atoms with Gasteiger partial charge in [0.1, 0.15) is 0 Å². The molecule has 1 fully saturated rings. The molecule has 1 aromatic heterocycles. The Morgan fingerprint density at radius 3 is 2.62 bits per heavy atom. The van der Waals surface area contributed by atoms with Crippen molar-refractivity contribution >= 4 is 23.2 Å². The van der Waals surface area contributed by atoms with Gasteiger partial charge in [-0.15, -0.1) is 0 Å². The minimum Gasteiger partial charge on any atom is -0.390 e. The number of nitrogens with zero attached hydrogens (tertiary/aromatic N) is 2. The maximum absolute atomic E-state index is 13.5. The highest BCUT2D eigenvalue weighted by Gasteiger charge is 2.25. The summed E-state index contributed by atoms with van der Waals surface area (Å²) in [5.74, 6) is -0.225. The van der Waals surface area contributed by atoms with E-state index in [9.17, 15) is 14.7 Å². The zero-order valence-corrected chi connectivity index (χ0v) is 21.2. The second-order valence-corrected chi connectivity index (χ2v) is 9.28. The first-order valence-electron chi connectivity index (χ1n) is 12.8. The predicted octanol–water partition coefficient (Wildman–Crippen LogP) is 3.13. The molecule has 0 bridgehead atoms. The molecule has 8 heteroatoms. The van der Waals surface area contributed by atoms with E-state index in [2.05, 4.69) is 20.9 Å². The number of carbonyl (C=O) groups is 2. The molecule has 0 aliphatic carbocycles. The van der Waals surface area contributed by atoms with Crippen molar-refractivity contribution in [2.75, 3.05) is 29.9 Å². The number of hydrogen-bond donors (Lipinski definition) is 4. The number of anilines is 2. The summed E-state index contributed by atoms with van der Waals surface area (Å²) < 4.78 is 0. The lowest BCUT2D eigenvalue weighted by atomic mass is 10.00. The Morgan fingerprint density at radius 2 is 1.92 bits per heavy atom. The van der Waals surface area contributed by atoms with Gasteiger partial charge < -0.3 is 26.0 Å². The van der Waals surface area contributed by atoms with Crippen molar-refractivity contribution in [3.63, 3.8) is 0 Å². The van der Waals surface area contributed by atoms with Gasteiger partial charge in [-0.25, -0.2) is 0 Å². The Hall–Kier alpha value is -3.75. The van der Waals surface area contributed by atoms with Crippen LogP contribution in [0.1, 0.15) is 41.3 Å². The fraction of sp³-hybridized carbons (Fsp3) is 0.345. The Kier molecular flexibility index (Phi) is 9.24. The molecule has 2 atom stereocenters. The van der Waals surface area contributed by atoms with Crippen LogP contribution in [0.3, 0.4) is 0 Å². The van der Waals surface area contributed by atoms with E-state index in [4.69, 9.17) is 0 Å². The van der Waals surface area contributed by atoms with Crippen LogP contribution in [0.25, 0.3) is 0 Å². The molecule has 0 spiro atoms. The van der Waals surface area contributed by atoms with Crippen LogP contribution in [-0.2, 0) is 17.8 Å². The maximum atomic E-state index is 13.5. The Morgan fingerprint density at radius 1 is 1.11 bits per heavy atom. The molecular formula is C29H35N5O3. The first-order chi connectivity index (χ1) is 18.0. The van der Waals surface area contributed by atoms with E-state index in [0.29, 0.717) is 50.3 Å². The highest BCUT2D eigenvalue weighted by Crippen LogP contribution is 2.27. The fourth-order valence-corrected chi connectivity index (χ4v) is 4.54. The monoisotopic (exact) mass is 501 g/mol. The van der Waals surface area contributed by atoms with Crippen molar-refractivity contribution in [2.45, 2.75) is 44.9 Å². The third-order valence-electron chi connectivity index (χ3n) is 6.43. The van der Waals surface area contributed by atoms with Crippen molar-refractivity contribution in [1.82, 2.24) is 15.6 Å². The van der Waals surface area contributed by atoms with Crippen molar-refractivity contribution in [2.24, 2.45) is 0 Å². The molecular weight excluding hydrogens is 466 g/mol. The van der Waals surface area contributed by atoms with Gasteiger partial charge in [0.2, 0.25) is 5.91 Å². The maximum Gasteiger partial charge on any atom is 0.251 e. The molecule has 2 amide bonds. The standard InChI is InChI=1S/C29H35N5O3/c1-2-32-24-15-23(16-25(17-24)34-13-7-11-28(34)36)29(37)33-26(14-21-8-4-3-5-9-21)27(35)20-31-19-22-10-6-12-30-18-22/h3-6,8-10,12,15-18,26-27,31-32,35H,2,7,11,13-14,19-20H2,1H3,(H,33,37)/t26-,27+/m0/s1. The fourth-order valence-electron chi connectivity index (χ4n) is 4.54. The highest BCUT2D eigenvalue weighted by molar-refractivity contribution is 6.00. The number of amides is 2. The molecule has 0 unspecified atom stereocenters. The molecule has 3 aromatic rings. The number of nitrogens with one attached hydrogen (secondary N) is 3. The van der Waals surface area contributed by atoms with Crippen molar-refractivity contribution in [1.29, 1.82) is 0 Å². The van der Waals surface area contributed by atoms with E-state index >= 15 is 0 Å². The second-order valence-electron chi connectivity index (χ2n) is 9.28. The topological polar surface area (TPSA) is 107 Å². The predicted molar refractivity (Wildman–Crippen MR) is 146 cm³/mol. The second kappa shape index (κ2) is 13.0. The number of benzene rings is 2. The molecule has 2 heterocycles. The number of aliphatic hydroxyl groups excluding tert-OH is 1. The van der Waals surface area contributed by atoms with E-state index in [1.165, 1.54) is 0 Å². The van der Waals surface area contributed by atoms with Crippen LogP contribution in [0.5, 0.6) is 0 Å². The van der Waals surface area contributed by atoms with Gasteiger partial charge in [-0.05, 0) is 55.2 Å². The largest absolute Gasteiger partial charge is 0.390 e. The average Bonchev–Trinajstić information content (AvgIpc) is 3.35. The van der Waals surface area contributed by atoms with Crippen molar-refractivity contribution in [3.05, 3.63) is 89.7 Å². The smallest absolute Gasteiger partial charge is 0.251 e. The summed E-state index contributed by atoms with van der Waals surface area (Å²) in [6.07, 6.45) is 4.49. The first-order valence-corrected chi connectivity index (χ1v) is 12.8. The minimum atomic E-state index is -0.822. The Balaban J connectivity index is 1.50. The van der Waals surface area contributed by atoms with Gasteiger partial charge in [-0.3, -0.25) is 14.6 Å². The number of aliphatic hydroxyl groups is 1. The molecule has 8 nitrogen and oxygen atoms in total. The van der Waals surface area contributed by atoms with Gasteiger partial charge in [0, 0.05) is 61.9 Å². The molecule has 4 rings (SSSR count). The zero-order valence-electron chi connectivity index (χ0n) is 21.2. The quantitative estimate of drug-likeness (QED) is 0.304. The summed E-state index contributed by atoms with van der Waals surface area (Å²) in [5, 5.41) is 20.7. The first kappa shape index (κ1) is 26.3. The molecule has 2 aromatic carbocycles. The summed E-state index contributed by atoms with van der Waals surface area (Å²) in [6, 6.07) is 18.6. The van der Waals surface area contributed by atoms with Crippen molar-refractivity contribution in [3.8, 4) is 0 Å². The lowest BCUT2D eigenvalue weighted by Gasteiger charge is -2.25. The van der Waals surface area contributed by atoms with Crippen molar-refractivity contribution < 1.29 is 14.7 Å². The van der Waals surface area contributed by atoms with Crippen LogP contribution < -0.4 is 20.9 Å². The number of aromatic nitrogens is 1. The highest BCUT2D eigenvalue weighted by atomic mass is 16.3. The zero-order chi connectivity index (χ0) is 26.0. The van der Waals surface area contributed by atoms with Crippen LogP contribution in [0, 0.1) is 0 Å². The Labute approximate surface area is 218 Å². The molecule has 0 saturated carbocycles. The summed E-state index contributed by atoms with van der Waals surface area (Å²) in [5.41, 5.74) is 3.97. The Bertz CT molecular complexity index is 1170. The average molecular weight is 502 g/mol. The molecule has 194 valence electrons. The number of rotatable bonds is 12. The molecule has 0 radical (unpaired) electrons. The third kappa shape index (κ3) is 7.38. The normalized spacial score (nSPS) is 14.9. The van der Waals surface area contributed by atoms with Gasteiger partial charge in [-0.2, -0.15) is 0 Å². The van der Waals surface area contributed by atoms with E-state index in [-0.39, 0.29) is 11.8 Å². The van der Waals surface area contributed by atoms with E-state index < -0.39 is 12.1 Å². The van der Waals surface area contributed by atoms with Gasteiger partial charge >= 0.3 is 0 Å².